The van der Waals surface area contributed by atoms with Crippen LogP contribution in [0.15, 0.2) is 34.1 Å². The molecule has 1 aromatic heterocycles. The molecule has 108 valence electrons. The van der Waals surface area contributed by atoms with Crippen LogP contribution in [0.4, 0.5) is 0 Å². The van der Waals surface area contributed by atoms with Crippen LogP contribution in [0, 0.1) is 6.92 Å². The Morgan fingerprint density at radius 3 is 2.85 bits per heavy atom. The molecule has 0 aliphatic rings. The normalized spacial score (nSPS) is 12.6. The van der Waals surface area contributed by atoms with Crippen LogP contribution in [-0.4, -0.2) is 17.6 Å². The third-order valence-corrected chi connectivity index (χ3v) is 4.62. The first-order valence-electron chi connectivity index (χ1n) is 7.06. The van der Waals surface area contributed by atoms with Gasteiger partial charge >= 0.3 is 0 Å². The maximum atomic E-state index is 4.59. The molecular weight excluding hydrogens is 332 g/mol. The second-order valence-corrected chi connectivity index (χ2v) is 6.93. The number of benzene rings is 1. The third-order valence-electron chi connectivity index (χ3n) is 3.14. The summed E-state index contributed by atoms with van der Waals surface area (Å²) < 4.78 is 1.15. The van der Waals surface area contributed by atoms with E-state index in [1.807, 2.05) is 0 Å². The summed E-state index contributed by atoms with van der Waals surface area (Å²) in [4.78, 5) is 4.59. The Morgan fingerprint density at radius 2 is 2.20 bits per heavy atom. The molecule has 0 fully saturated rings. The number of halogens is 1. The molecule has 1 atom stereocenters. The van der Waals surface area contributed by atoms with E-state index in [0.717, 1.165) is 36.0 Å². The van der Waals surface area contributed by atoms with E-state index in [-0.39, 0.29) is 0 Å². The molecule has 1 N–H and O–H groups in total. The highest BCUT2D eigenvalue weighted by molar-refractivity contribution is 9.10. The van der Waals surface area contributed by atoms with Crippen LogP contribution in [0.1, 0.15) is 29.6 Å². The van der Waals surface area contributed by atoms with Gasteiger partial charge < -0.3 is 5.32 Å². The summed E-state index contributed by atoms with van der Waals surface area (Å²) in [7, 11) is 0. The van der Waals surface area contributed by atoms with Crippen molar-refractivity contribution in [3.05, 3.63) is 50.4 Å². The number of nitrogens with zero attached hydrogens (tertiary/aromatic N) is 1. The highest BCUT2D eigenvalue weighted by Gasteiger charge is 2.12. The van der Waals surface area contributed by atoms with Crippen molar-refractivity contribution in [2.45, 2.75) is 39.2 Å². The fourth-order valence-electron chi connectivity index (χ4n) is 2.22. The molecule has 2 nitrogen and oxygen atoms in total. The molecule has 0 spiro atoms. The van der Waals surface area contributed by atoms with Crippen molar-refractivity contribution in [1.82, 2.24) is 10.3 Å². The SMILES string of the molecule is CCCNC(Cc1cccc(Br)c1)Cc1nc(C)cs1. The minimum atomic E-state index is 0.454. The Balaban J connectivity index is 2.02. The van der Waals surface area contributed by atoms with Crippen LogP contribution in [0.5, 0.6) is 0 Å². The molecule has 2 rings (SSSR count). The van der Waals surface area contributed by atoms with Crippen LogP contribution >= 0.6 is 27.3 Å². The lowest BCUT2D eigenvalue weighted by Crippen LogP contribution is -2.33. The fraction of sp³-hybridized carbons (Fsp3) is 0.438. The first-order chi connectivity index (χ1) is 9.67. The Labute approximate surface area is 133 Å². The summed E-state index contributed by atoms with van der Waals surface area (Å²) in [5.74, 6) is 0. The first kappa shape index (κ1) is 15.7. The number of hydrogen-bond donors (Lipinski definition) is 1. The van der Waals surface area contributed by atoms with Crippen LogP contribution < -0.4 is 5.32 Å². The van der Waals surface area contributed by atoms with Gasteiger partial charge in [0.25, 0.3) is 0 Å². The molecule has 2 aromatic rings. The minimum Gasteiger partial charge on any atom is -0.313 e. The summed E-state index contributed by atoms with van der Waals surface area (Å²) in [6.45, 7) is 5.32. The fourth-order valence-corrected chi connectivity index (χ4v) is 3.52. The molecule has 0 aliphatic heterocycles. The molecule has 0 saturated heterocycles. The molecule has 0 aliphatic carbocycles. The molecule has 0 amide bonds. The molecule has 4 heteroatoms. The van der Waals surface area contributed by atoms with Gasteiger partial charge in [0.05, 0.1) is 5.01 Å². The quantitative estimate of drug-likeness (QED) is 0.800. The van der Waals surface area contributed by atoms with E-state index in [1.165, 1.54) is 10.6 Å². The van der Waals surface area contributed by atoms with E-state index in [1.54, 1.807) is 11.3 Å². The topological polar surface area (TPSA) is 24.9 Å². The molecule has 1 unspecified atom stereocenters. The van der Waals surface area contributed by atoms with Crippen LogP contribution in [0.2, 0.25) is 0 Å². The van der Waals surface area contributed by atoms with Gasteiger partial charge in [0.15, 0.2) is 0 Å². The van der Waals surface area contributed by atoms with E-state index in [9.17, 15) is 0 Å². The lowest BCUT2D eigenvalue weighted by atomic mass is 10.0. The highest BCUT2D eigenvalue weighted by atomic mass is 79.9. The average molecular weight is 353 g/mol. The van der Waals surface area contributed by atoms with Crippen molar-refractivity contribution < 1.29 is 0 Å². The largest absolute Gasteiger partial charge is 0.313 e. The predicted molar refractivity (Wildman–Crippen MR) is 90.5 cm³/mol. The van der Waals surface area contributed by atoms with Gasteiger partial charge in [-0.2, -0.15) is 0 Å². The first-order valence-corrected chi connectivity index (χ1v) is 8.73. The molecule has 1 aromatic carbocycles. The second-order valence-electron chi connectivity index (χ2n) is 5.07. The van der Waals surface area contributed by atoms with Gasteiger partial charge in [-0.05, 0) is 44.0 Å². The summed E-state index contributed by atoms with van der Waals surface area (Å²) in [6, 6.07) is 9.02. The Hall–Kier alpha value is -0.710. The van der Waals surface area contributed by atoms with E-state index in [2.05, 4.69) is 69.7 Å². The van der Waals surface area contributed by atoms with Gasteiger partial charge in [0.2, 0.25) is 0 Å². The van der Waals surface area contributed by atoms with E-state index in [4.69, 9.17) is 0 Å². The average Bonchev–Trinajstić information content (AvgIpc) is 2.81. The molecule has 0 saturated carbocycles. The maximum Gasteiger partial charge on any atom is 0.0943 e. The van der Waals surface area contributed by atoms with Crippen molar-refractivity contribution in [1.29, 1.82) is 0 Å². The van der Waals surface area contributed by atoms with Crippen molar-refractivity contribution in [2.75, 3.05) is 6.54 Å². The monoisotopic (exact) mass is 352 g/mol. The molecule has 0 bridgehead atoms. The molecule has 1 heterocycles. The van der Waals surface area contributed by atoms with Crippen molar-refractivity contribution in [3.63, 3.8) is 0 Å². The number of hydrogen-bond acceptors (Lipinski definition) is 3. The van der Waals surface area contributed by atoms with Gasteiger partial charge in [-0.15, -0.1) is 11.3 Å². The lowest BCUT2D eigenvalue weighted by Gasteiger charge is -2.17. The Morgan fingerprint density at radius 1 is 1.35 bits per heavy atom. The zero-order valence-corrected chi connectivity index (χ0v) is 14.4. The van der Waals surface area contributed by atoms with Gasteiger partial charge in [0, 0.05) is 28.0 Å². The summed E-state index contributed by atoms with van der Waals surface area (Å²) >= 11 is 5.31. The van der Waals surface area contributed by atoms with Crippen molar-refractivity contribution >= 4 is 27.3 Å². The molecule has 0 radical (unpaired) electrons. The standard InChI is InChI=1S/C16H21BrN2S/c1-3-7-18-15(10-16-19-12(2)11-20-16)9-13-5-4-6-14(17)8-13/h4-6,8,11,15,18H,3,7,9-10H2,1-2H3. The number of thiazole rings is 1. The number of aromatic nitrogens is 1. The number of nitrogens with one attached hydrogen (secondary N) is 1. The van der Waals surface area contributed by atoms with Gasteiger partial charge in [0.1, 0.15) is 0 Å². The van der Waals surface area contributed by atoms with E-state index in [0.29, 0.717) is 6.04 Å². The van der Waals surface area contributed by atoms with Crippen molar-refractivity contribution in [2.24, 2.45) is 0 Å². The van der Waals surface area contributed by atoms with Crippen LogP contribution in [0.25, 0.3) is 0 Å². The number of aryl methyl sites for hydroxylation is 1. The van der Waals surface area contributed by atoms with Crippen molar-refractivity contribution in [3.8, 4) is 0 Å². The lowest BCUT2D eigenvalue weighted by molar-refractivity contribution is 0.503. The second kappa shape index (κ2) is 7.91. The Kier molecular flexibility index (Phi) is 6.20. The van der Waals surface area contributed by atoms with Gasteiger partial charge in [-0.25, -0.2) is 4.98 Å². The summed E-state index contributed by atoms with van der Waals surface area (Å²) in [6.07, 6.45) is 3.20. The van der Waals surface area contributed by atoms with Crippen LogP contribution in [0.3, 0.4) is 0 Å². The third kappa shape index (κ3) is 5.00. The van der Waals surface area contributed by atoms with Gasteiger partial charge in [-0.3, -0.25) is 0 Å². The Bertz CT molecular complexity index is 539. The summed E-state index contributed by atoms with van der Waals surface area (Å²) in [5.41, 5.74) is 2.49. The van der Waals surface area contributed by atoms with E-state index < -0.39 is 0 Å². The number of rotatable bonds is 7. The minimum absolute atomic E-state index is 0.454. The van der Waals surface area contributed by atoms with Crippen LogP contribution in [-0.2, 0) is 12.8 Å². The zero-order valence-electron chi connectivity index (χ0n) is 12.0. The maximum absolute atomic E-state index is 4.59. The predicted octanol–water partition coefficient (Wildman–Crippen LogP) is 4.37. The highest BCUT2D eigenvalue weighted by Crippen LogP contribution is 2.16. The summed E-state index contributed by atoms with van der Waals surface area (Å²) in [5, 5.41) is 7.00. The zero-order chi connectivity index (χ0) is 14.4. The van der Waals surface area contributed by atoms with E-state index >= 15 is 0 Å². The smallest absolute Gasteiger partial charge is 0.0943 e. The van der Waals surface area contributed by atoms with Gasteiger partial charge in [-0.1, -0.05) is 35.0 Å². The molecule has 20 heavy (non-hydrogen) atoms. The molecular formula is C16H21BrN2S.